The van der Waals surface area contributed by atoms with Crippen molar-refractivity contribution in [1.29, 1.82) is 0 Å². The first-order chi connectivity index (χ1) is 14.7. The molecule has 0 fully saturated rings. The molecule has 7 nitrogen and oxygen atoms in total. The molecule has 0 saturated heterocycles. The number of nitrogens with one attached hydrogen (secondary N) is 1. The van der Waals surface area contributed by atoms with Gasteiger partial charge in [0.1, 0.15) is 0 Å². The molecule has 152 valence electrons. The smallest absolute Gasteiger partial charge is 0.293 e. The Kier molecular flexibility index (Phi) is 5.28. The lowest BCUT2D eigenvalue weighted by Gasteiger charge is -2.25. The summed E-state index contributed by atoms with van der Waals surface area (Å²) in [6.45, 7) is 1.14. The van der Waals surface area contributed by atoms with Crippen molar-refractivity contribution in [2.24, 2.45) is 0 Å². The van der Waals surface area contributed by atoms with Gasteiger partial charge in [-0.15, -0.1) is 11.3 Å². The van der Waals surface area contributed by atoms with Crippen molar-refractivity contribution in [1.82, 2.24) is 14.9 Å². The molecule has 4 heterocycles. The van der Waals surface area contributed by atoms with Gasteiger partial charge in [0.2, 0.25) is 5.91 Å². The third-order valence-corrected chi connectivity index (χ3v) is 7.80. The van der Waals surface area contributed by atoms with Crippen LogP contribution in [0.15, 0.2) is 51.4 Å². The zero-order valence-corrected chi connectivity index (χ0v) is 18.1. The summed E-state index contributed by atoms with van der Waals surface area (Å²) in [5.74, 6) is 0.355. The Hall–Kier alpha value is -2.69. The molecule has 1 aliphatic heterocycles. The first-order valence-corrected chi connectivity index (χ1v) is 11.9. The Bertz CT molecular complexity index is 1180. The van der Waals surface area contributed by atoms with Crippen LogP contribution < -0.4 is 5.32 Å². The SMILES string of the molecule is O=C(Nc1nc2c(s1)CN(C(=O)CSc1nc3ccccc3s1)CC2)c1ccco1. The monoisotopic (exact) mass is 456 g/mol. The number of carbonyl (C=O) groups is 2. The highest BCUT2D eigenvalue weighted by Gasteiger charge is 2.25. The van der Waals surface area contributed by atoms with Gasteiger partial charge in [-0.25, -0.2) is 9.97 Å². The number of carbonyl (C=O) groups excluding carboxylic acids is 2. The second-order valence-electron chi connectivity index (χ2n) is 6.62. The highest BCUT2D eigenvalue weighted by molar-refractivity contribution is 8.01. The summed E-state index contributed by atoms with van der Waals surface area (Å²) in [4.78, 5) is 36.8. The summed E-state index contributed by atoms with van der Waals surface area (Å²) in [6, 6.07) is 11.2. The lowest BCUT2D eigenvalue weighted by molar-refractivity contribution is -0.129. The van der Waals surface area contributed by atoms with Crippen molar-refractivity contribution in [3.63, 3.8) is 0 Å². The van der Waals surface area contributed by atoms with Crippen LogP contribution in [0.4, 0.5) is 5.13 Å². The molecular formula is C20H16N4O3S3. The number of hydrogen-bond donors (Lipinski definition) is 1. The fourth-order valence-electron chi connectivity index (χ4n) is 3.16. The van der Waals surface area contributed by atoms with E-state index in [0.29, 0.717) is 30.4 Å². The maximum Gasteiger partial charge on any atom is 0.293 e. The van der Waals surface area contributed by atoms with Crippen molar-refractivity contribution in [2.75, 3.05) is 17.6 Å². The maximum atomic E-state index is 12.7. The molecule has 0 aliphatic carbocycles. The standard InChI is InChI=1S/C20H16N4O3S3/c25-17(11-28-20-22-12-4-1-2-6-15(12)30-20)24-8-7-13-16(10-24)29-19(21-13)23-18(26)14-5-3-9-27-14/h1-6,9H,7-8,10-11H2,(H,21,23,26). The van der Waals surface area contributed by atoms with E-state index >= 15 is 0 Å². The summed E-state index contributed by atoms with van der Waals surface area (Å²) >= 11 is 4.49. The van der Waals surface area contributed by atoms with Gasteiger partial charge in [-0.05, 0) is 24.3 Å². The Balaban J connectivity index is 1.20. The average molecular weight is 457 g/mol. The van der Waals surface area contributed by atoms with Crippen LogP contribution in [0.3, 0.4) is 0 Å². The van der Waals surface area contributed by atoms with E-state index in [1.165, 1.54) is 29.4 Å². The number of anilines is 1. The molecule has 3 aromatic heterocycles. The summed E-state index contributed by atoms with van der Waals surface area (Å²) in [6.07, 6.45) is 2.14. The predicted molar refractivity (Wildman–Crippen MR) is 118 cm³/mol. The van der Waals surface area contributed by atoms with E-state index in [4.69, 9.17) is 4.42 Å². The Labute approximate surface area is 184 Å². The number of hydrogen-bond acceptors (Lipinski definition) is 8. The highest BCUT2D eigenvalue weighted by Crippen LogP contribution is 2.31. The van der Waals surface area contributed by atoms with E-state index in [2.05, 4.69) is 15.3 Å². The lowest BCUT2D eigenvalue weighted by atomic mass is 10.2. The van der Waals surface area contributed by atoms with Crippen molar-refractivity contribution in [2.45, 2.75) is 17.3 Å². The first-order valence-electron chi connectivity index (χ1n) is 9.25. The minimum absolute atomic E-state index is 0.0828. The number of furan rings is 1. The van der Waals surface area contributed by atoms with Crippen molar-refractivity contribution < 1.29 is 14.0 Å². The van der Waals surface area contributed by atoms with Crippen LogP contribution in [0.2, 0.25) is 0 Å². The van der Waals surface area contributed by atoms with Gasteiger partial charge >= 0.3 is 0 Å². The van der Waals surface area contributed by atoms with E-state index in [0.717, 1.165) is 25.1 Å². The Morgan fingerprint density at radius 1 is 1.17 bits per heavy atom. The van der Waals surface area contributed by atoms with Crippen molar-refractivity contribution in [3.8, 4) is 0 Å². The molecule has 1 aliphatic rings. The number of aromatic nitrogens is 2. The third-order valence-electron chi connectivity index (χ3n) is 4.64. The van der Waals surface area contributed by atoms with Crippen molar-refractivity contribution >= 4 is 61.6 Å². The molecule has 1 aromatic carbocycles. The van der Waals surface area contributed by atoms with Crippen LogP contribution >= 0.6 is 34.4 Å². The van der Waals surface area contributed by atoms with Gasteiger partial charge in [-0.1, -0.05) is 35.2 Å². The molecule has 30 heavy (non-hydrogen) atoms. The fourth-order valence-corrected chi connectivity index (χ4v) is 6.15. The predicted octanol–water partition coefficient (Wildman–Crippen LogP) is 4.28. The minimum atomic E-state index is -0.328. The summed E-state index contributed by atoms with van der Waals surface area (Å²) in [7, 11) is 0. The van der Waals surface area contributed by atoms with Gasteiger partial charge in [0.05, 0.1) is 34.5 Å². The number of para-hydroxylation sites is 1. The second-order valence-corrected chi connectivity index (χ2v) is 9.96. The fraction of sp³-hybridized carbons (Fsp3) is 0.200. The zero-order chi connectivity index (χ0) is 20.5. The molecule has 0 radical (unpaired) electrons. The van der Waals surface area contributed by atoms with E-state index in [1.807, 2.05) is 29.2 Å². The number of nitrogens with zero attached hydrogens (tertiary/aromatic N) is 3. The number of thioether (sulfide) groups is 1. The molecule has 10 heteroatoms. The van der Waals surface area contributed by atoms with Crippen LogP contribution in [-0.4, -0.2) is 39.0 Å². The van der Waals surface area contributed by atoms with Gasteiger partial charge in [0.25, 0.3) is 5.91 Å². The number of fused-ring (bicyclic) bond motifs is 2. The van der Waals surface area contributed by atoms with Gasteiger partial charge in [0, 0.05) is 17.8 Å². The van der Waals surface area contributed by atoms with Gasteiger partial charge in [-0.3, -0.25) is 14.9 Å². The van der Waals surface area contributed by atoms with Gasteiger partial charge in [0.15, 0.2) is 15.2 Å². The lowest BCUT2D eigenvalue weighted by Crippen LogP contribution is -2.36. The van der Waals surface area contributed by atoms with Crippen LogP contribution in [0.25, 0.3) is 10.2 Å². The quantitative estimate of drug-likeness (QED) is 0.451. The van der Waals surface area contributed by atoms with Gasteiger partial charge < -0.3 is 9.32 Å². The minimum Gasteiger partial charge on any atom is -0.459 e. The number of rotatable bonds is 5. The topological polar surface area (TPSA) is 88.3 Å². The molecule has 0 bridgehead atoms. The molecule has 0 saturated carbocycles. The second kappa shape index (κ2) is 8.21. The number of amides is 2. The van der Waals surface area contributed by atoms with E-state index < -0.39 is 0 Å². The van der Waals surface area contributed by atoms with Crippen LogP contribution in [0.5, 0.6) is 0 Å². The molecule has 1 N–H and O–H groups in total. The molecule has 0 spiro atoms. The largest absolute Gasteiger partial charge is 0.459 e. The number of benzene rings is 1. The summed E-state index contributed by atoms with van der Waals surface area (Å²) in [5, 5.41) is 3.29. The molecular weight excluding hydrogens is 440 g/mol. The zero-order valence-electron chi connectivity index (χ0n) is 15.7. The Morgan fingerprint density at radius 3 is 2.90 bits per heavy atom. The maximum absolute atomic E-state index is 12.7. The molecule has 2 amide bonds. The first kappa shape index (κ1) is 19.3. The van der Waals surface area contributed by atoms with E-state index in [1.54, 1.807) is 23.5 Å². The highest BCUT2D eigenvalue weighted by atomic mass is 32.2. The average Bonchev–Trinajstić information content (AvgIpc) is 3.49. The van der Waals surface area contributed by atoms with Crippen LogP contribution in [-0.2, 0) is 17.8 Å². The van der Waals surface area contributed by atoms with Crippen molar-refractivity contribution in [3.05, 3.63) is 59.0 Å². The molecule has 4 aromatic rings. The summed E-state index contributed by atoms with van der Waals surface area (Å²) in [5.41, 5.74) is 1.91. The third kappa shape index (κ3) is 3.98. The molecule has 0 unspecified atom stereocenters. The van der Waals surface area contributed by atoms with Crippen LogP contribution in [0, 0.1) is 0 Å². The summed E-state index contributed by atoms with van der Waals surface area (Å²) < 4.78 is 7.14. The van der Waals surface area contributed by atoms with Crippen LogP contribution in [0.1, 0.15) is 21.1 Å². The van der Waals surface area contributed by atoms with Gasteiger partial charge in [-0.2, -0.15) is 0 Å². The normalized spacial score (nSPS) is 13.4. The van der Waals surface area contributed by atoms with E-state index in [9.17, 15) is 9.59 Å². The van der Waals surface area contributed by atoms with E-state index in [-0.39, 0.29) is 17.6 Å². The molecule has 0 atom stereocenters. The molecule has 5 rings (SSSR count). The Morgan fingerprint density at radius 2 is 2.07 bits per heavy atom. The number of thiazole rings is 2.